The second kappa shape index (κ2) is 4.93. The molecule has 1 amide bonds. The zero-order chi connectivity index (χ0) is 13.4. The van der Waals surface area contributed by atoms with Crippen molar-refractivity contribution in [2.45, 2.75) is 25.8 Å². The molecule has 102 valence electrons. The monoisotopic (exact) mass is 263 g/mol. The highest BCUT2D eigenvalue weighted by atomic mass is 19.1. The van der Waals surface area contributed by atoms with Crippen LogP contribution in [0.1, 0.15) is 30.5 Å². The molecule has 2 heterocycles. The number of rotatable bonds is 1. The number of benzene rings is 1. The summed E-state index contributed by atoms with van der Waals surface area (Å²) < 4.78 is 18.5. The Morgan fingerprint density at radius 2 is 2.32 bits per heavy atom. The van der Waals surface area contributed by atoms with Gasteiger partial charge in [0.25, 0.3) is 0 Å². The van der Waals surface area contributed by atoms with E-state index in [1.165, 1.54) is 6.07 Å². The lowest BCUT2D eigenvalue weighted by molar-refractivity contribution is -0.138. The van der Waals surface area contributed by atoms with Crippen molar-refractivity contribution in [1.82, 2.24) is 4.90 Å². The second-order valence-corrected chi connectivity index (χ2v) is 5.36. The normalized spacial score (nSPS) is 26.3. The van der Waals surface area contributed by atoms with Crippen molar-refractivity contribution in [3.63, 3.8) is 0 Å². The highest BCUT2D eigenvalue weighted by Crippen LogP contribution is 2.31. The Balaban J connectivity index is 1.82. The fourth-order valence-corrected chi connectivity index (χ4v) is 3.07. The molecule has 2 aliphatic rings. The van der Waals surface area contributed by atoms with Gasteiger partial charge in [-0.25, -0.2) is 4.39 Å². The number of nitrogens with zero attached hydrogens (tertiary/aromatic N) is 1. The summed E-state index contributed by atoms with van der Waals surface area (Å²) in [6.07, 6.45) is 1.55. The summed E-state index contributed by atoms with van der Waals surface area (Å²) >= 11 is 0. The fourth-order valence-electron chi connectivity index (χ4n) is 3.07. The van der Waals surface area contributed by atoms with Gasteiger partial charge in [-0.1, -0.05) is 6.07 Å². The van der Waals surface area contributed by atoms with Gasteiger partial charge in [-0.05, 0) is 43.0 Å². The van der Waals surface area contributed by atoms with Gasteiger partial charge in [-0.3, -0.25) is 4.79 Å². The van der Waals surface area contributed by atoms with Gasteiger partial charge in [-0.15, -0.1) is 0 Å². The van der Waals surface area contributed by atoms with E-state index >= 15 is 0 Å². The molecule has 2 aliphatic heterocycles. The van der Waals surface area contributed by atoms with Gasteiger partial charge in [-0.2, -0.15) is 0 Å². The number of fused-ring (bicyclic) bond motifs is 1. The van der Waals surface area contributed by atoms with Crippen LogP contribution in [0.3, 0.4) is 0 Å². The molecule has 0 saturated carbocycles. The van der Waals surface area contributed by atoms with Gasteiger partial charge < -0.3 is 9.64 Å². The number of hydrogen-bond acceptors (Lipinski definition) is 2. The van der Waals surface area contributed by atoms with Crippen molar-refractivity contribution in [2.24, 2.45) is 5.92 Å². The summed E-state index contributed by atoms with van der Waals surface area (Å²) in [7, 11) is 0. The van der Waals surface area contributed by atoms with E-state index in [9.17, 15) is 9.18 Å². The minimum atomic E-state index is -0.199. The molecule has 1 aromatic carbocycles. The number of hydrogen-bond donors (Lipinski definition) is 0. The molecule has 2 unspecified atom stereocenters. The van der Waals surface area contributed by atoms with Crippen LogP contribution in [0, 0.1) is 11.7 Å². The first kappa shape index (κ1) is 12.6. The molecular weight excluding hydrogens is 245 g/mol. The number of amides is 1. The Kier molecular flexibility index (Phi) is 3.27. The highest BCUT2D eigenvalue weighted by Gasteiger charge is 2.33. The Bertz CT molecular complexity index is 497. The maximum absolute atomic E-state index is 13.2. The van der Waals surface area contributed by atoms with Crippen LogP contribution in [-0.4, -0.2) is 30.6 Å². The van der Waals surface area contributed by atoms with E-state index < -0.39 is 0 Å². The van der Waals surface area contributed by atoms with Crippen LogP contribution in [0.5, 0.6) is 0 Å². The SMILES string of the molecule is CC1c2ccc(F)cc2CCN1C(=O)C1CCOC1. The zero-order valence-electron chi connectivity index (χ0n) is 11.1. The summed E-state index contributed by atoms with van der Waals surface area (Å²) in [5.41, 5.74) is 2.10. The predicted molar refractivity (Wildman–Crippen MR) is 69.2 cm³/mol. The third-order valence-corrected chi connectivity index (χ3v) is 4.21. The molecule has 3 nitrogen and oxygen atoms in total. The maximum atomic E-state index is 13.2. The Morgan fingerprint density at radius 3 is 3.05 bits per heavy atom. The van der Waals surface area contributed by atoms with Crippen molar-refractivity contribution in [1.29, 1.82) is 0 Å². The van der Waals surface area contributed by atoms with Crippen molar-refractivity contribution in [2.75, 3.05) is 19.8 Å². The molecule has 4 heteroatoms. The number of carbonyl (C=O) groups excluding carboxylic acids is 1. The first-order valence-corrected chi connectivity index (χ1v) is 6.83. The minimum Gasteiger partial charge on any atom is -0.381 e. The molecule has 0 bridgehead atoms. The quantitative estimate of drug-likeness (QED) is 0.778. The molecule has 1 fully saturated rings. The van der Waals surface area contributed by atoms with Gasteiger partial charge in [0, 0.05) is 13.2 Å². The minimum absolute atomic E-state index is 0.00412. The van der Waals surface area contributed by atoms with Crippen LogP contribution in [-0.2, 0) is 16.0 Å². The summed E-state index contributed by atoms with van der Waals surface area (Å²) in [4.78, 5) is 14.4. The van der Waals surface area contributed by atoms with E-state index in [1.54, 1.807) is 12.1 Å². The molecule has 0 radical (unpaired) electrons. The molecule has 0 aliphatic carbocycles. The van der Waals surface area contributed by atoms with Crippen molar-refractivity contribution in [3.8, 4) is 0 Å². The Hall–Kier alpha value is -1.42. The van der Waals surface area contributed by atoms with E-state index in [0.717, 1.165) is 24.0 Å². The zero-order valence-corrected chi connectivity index (χ0v) is 11.1. The van der Waals surface area contributed by atoms with E-state index in [2.05, 4.69) is 0 Å². The summed E-state index contributed by atoms with van der Waals surface area (Å²) in [6, 6.07) is 4.89. The van der Waals surface area contributed by atoms with Crippen molar-refractivity contribution < 1.29 is 13.9 Å². The Morgan fingerprint density at radius 1 is 1.47 bits per heavy atom. The number of halogens is 1. The summed E-state index contributed by atoms with van der Waals surface area (Å²) in [5, 5.41) is 0. The lowest BCUT2D eigenvalue weighted by atomic mass is 9.92. The van der Waals surface area contributed by atoms with Crippen LogP contribution in [0.25, 0.3) is 0 Å². The van der Waals surface area contributed by atoms with Gasteiger partial charge in [0.15, 0.2) is 0 Å². The lowest BCUT2D eigenvalue weighted by Crippen LogP contribution is -2.42. The van der Waals surface area contributed by atoms with Crippen LogP contribution >= 0.6 is 0 Å². The van der Waals surface area contributed by atoms with Crippen molar-refractivity contribution in [3.05, 3.63) is 35.1 Å². The molecule has 3 rings (SSSR count). The van der Waals surface area contributed by atoms with Crippen LogP contribution in [0.4, 0.5) is 4.39 Å². The number of carbonyl (C=O) groups is 1. The van der Waals surface area contributed by atoms with Crippen LogP contribution < -0.4 is 0 Å². The van der Waals surface area contributed by atoms with E-state index in [1.807, 2.05) is 11.8 Å². The summed E-state index contributed by atoms with van der Waals surface area (Å²) in [5.74, 6) is -0.0145. The van der Waals surface area contributed by atoms with Gasteiger partial charge in [0.05, 0.1) is 18.6 Å². The number of ether oxygens (including phenoxy) is 1. The van der Waals surface area contributed by atoms with Gasteiger partial charge in [0.1, 0.15) is 5.82 Å². The molecular formula is C15H18FNO2. The standard InChI is InChI=1S/C15H18FNO2/c1-10-14-3-2-13(16)8-11(14)4-6-17(10)15(18)12-5-7-19-9-12/h2-3,8,10,12H,4-7,9H2,1H3. The lowest BCUT2D eigenvalue weighted by Gasteiger charge is -2.36. The third-order valence-electron chi connectivity index (χ3n) is 4.21. The topological polar surface area (TPSA) is 29.5 Å². The van der Waals surface area contributed by atoms with Crippen LogP contribution in [0.2, 0.25) is 0 Å². The molecule has 0 N–H and O–H groups in total. The molecule has 1 aromatic rings. The third kappa shape index (κ3) is 2.25. The van der Waals surface area contributed by atoms with Crippen molar-refractivity contribution >= 4 is 5.91 Å². The average Bonchev–Trinajstić information content (AvgIpc) is 2.92. The smallest absolute Gasteiger partial charge is 0.228 e. The first-order valence-electron chi connectivity index (χ1n) is 6.83. The molecule has 2 atom stereocenters. The maximum Gasteiger partial charge on any atom is 0.228 e. The molecule has 1 saturated heterocycles. The molecule has 0 aromatic heterocycles. The van der Waals surface area contributed by atoms with Gasteiger partial charge in [0.2, 0.25) is 5.91 Å². The molecule has 0 spiro atoms. The highest BCUT2D eigenvalue weighted by molar-refractivity contribution is 5.80. The van der Waals surface area contributed by atoms with Crippen LogP contribution in [0.15, 0.2) is 18.2 Å². The average molecular weight is 263 g/mol. The predicted octanol–water partition coefficient (Wildman–Crippen LogP) is 2.31. The van der Waals surface area contributed by atoms with E-state index in [0.29, 0.717) is 19.8 Å². The first-order chi connectivity index (χ1) is 9.16. The van der Waals surface area contributed by atoms with E-state index in [-0.39, 0.29) is 23.7 Å². The second-order valence-electron chi connectivity index (χ2n) is 5.36. The molecule has 19 heavy (non-hydrogen) atoms. The van der Waals surface area contributed by atoms with E-state index in [4.69, 9.17) is 4.74 Å². The van der Waals surface area contributed by atoms with Gasteiger partial charge >= 0.3 is 0 Å². The largest absolute Gasteiger partial charge is 0.381 e. The Labute approximate surface area is 112 Å². The summed E-state index contributed by atoms with van der Waals surface area (Å²) in [6.45, 7) is 3.91. The fraction of sp³-hybridized carbons (Fsp3) is 0.533.